The van der Waals surface area contributed by atoms with E-state index in [1.54, 1.807) is 0 Å². The normalized spacial score (nSPS) is 12.9. The van der Waals surface area contributed by atoms with E-state index in [1.165, 1.54) is 96.3 Å². The van der Waals surface area contributed by atoms with Gasteiger partial charge in [-0.25, -0.2) is 0 Å². The Morgan fingerprint density at radius 1 is 0.313 bits per heavy atom. The van der Waals surface area contributed by atoms with Crippen LogP contribution in [0.2, 0.25) is 0 Å². The predicted octanol–water partition coefficient (Wildman–Crippen LogP) is 18.3. The van der Waals surface area contributed by atoms with Crippen LogP contribution in [0.15, 0.2) is 109 Å². The average molecular weight is 929 g/mol. The van der Waals surface area contributed by atoms with E-state index < -0.39 is 6.10 Å². The summed E-state index contributed by atoms with van der Waals surface area (Å²) in [4.78, 5) is 38.0. The second kappa shape index (κ2) is 54.7. The van der Waals surface area contributed by atoms with Crippen LogP contribution in [-0.2, 0) is 28.6 Å². The third-order valence-electron chi connectivity index (χ3n) is 11.2. The van der Waals surface area contributed by atoms with Crippen LogP contribution >= 0.6 is 0 Å². The summed E-state index contributed by atoms with van der Waals surface area (Å²) < 4.78 is 16.7. The molecule has 0 radical (unpaired) electrons. The highest BCUT2D eigenvalue weighted by Gasteiger charge is 2.19. The van der Waals surface area contributed by atoms with E-state index in [0.717, 1.165) is 96.3 Å². The van der Waals surface area contributed by atoms with Gasteiger partial charge in [-0.3, -0.25) is 14.4 Å². The molecule has 380 valence electrons. The highest BCUT2D eigenvalue weighted by atomic mass is 16.6. The zero-order valence-electron chi connectivity index (χ0n) is 43.4. The number of ether oxygens (including phenoxy) is 3. The number of hydrogen-bond donors (Lipinski definition) is 0. The smallest absolute Gasteiger partial charge is 0.306 e. The van der Waals surface area contributed by atoms with E-state index in [9.17, 15) is 14.4 Å². The van der Waals surface area contributed by atoms with Crippen molar-refractivity contribution in [2.75, 3.05) is 13.2 Å². The molecule has 0 aliphatic carbocycles. The molecule has 0 heterocycles. The van der Waals surface area contributed by atoms with Crippen LogP contribution < -0.4 is 0 Å². The Balaban J connectivity index is 4.45. The van der Waals surface area contributed by atoms with Gasteiger partial charge in [0.25, 0.3) is 0 Å². The van der Waals surface area contributed by atoms with Crippen LogP contribution in [0.1, 0.15) is 239 Å². The van der Waals surface area contributed by atoms with E-state index in [0.29, 0.717) is 19.3 Å². The van der Waals surface area contributed by atoms with Gasteiger partial charge in [-0.05, 0) is 109 Å². The van der Waals surface area contributed by atoms with E-state index in [2.05, 4.69) is 124 Å². The largest absolute Gasteiger partial charge is 0.462 e. The second-order valence-electron chi connectivity index (χ2n) is 17.7. The van der Waals surface area contributed by atoms with Crippen molar-refractivity contribution in [2.24, 2.45) is 0 Å². The van der Waals surface area contributed by atoms with Gasteiger partial charge < -0.3 is 14.2 Å². The number of carbonyl (C=O) groups is 3. The predicted molar refractivity (Wildman–Crippen MR) is 288 cm³/mol. The molecule has 0 saturated carbocycles. The first-order chi connectivity index (χ1) is 33.0. The zero-order valence-corrected chi connectivity index (χ0v) is 43.4. The molecule has 0 saturated heterocycles. The van der Waals surface area contributed by atoms with Crippen molar-refractivity contribution in [3.63, 3.8) is 0 Å². The molecule has 0 aliphatic heterocycles. The summed E-state index contributed by atoms with van der Waals surface area (Å²) in [6.45, 7) is 6.38. The number of esters is 3. The van der Waals surface area contributed by atoms with Gasteiger partial charge >= 0.3 is 17.9 Å². The van der Waals surface area contributed by atoms with E-state index in [4.69, 9.17) is 14.2 Å². The lowest BCUT2D eigenvalue weighted by atomic mass is 10.1. The van der Waals surface area contributed by atoms with Gasteiger partial charge in [0.05, 0.1) is 0 Å². The summed E-state index contributed by atoms with van der Waals surface area (Å²) >= 11 is 0. The molecule has 0 aliphatic rings. The van der Waals surface area contributed by atoms with Crippen molar-refractivity contribution in [3.8, 4) is 0 Å². The van der Waals surface area contributed by atoms with Crippen molar-refractivity contribution in [2.45, 2.75) is 245 Å². The Morgan fingerprint density at radius 2 is 0.627 bits per heavy atom. The number of rotatable bonds is 48. The minimum absolute atomic E-state index is 0.108. The maximum atomic E-state index is 12.8. The van der Waals surface area contributed by atoms with Gasteiger partial charge in [-0.2, -0.15) is 0 Å². The maximum absolute atomic E-state index is 12.8. The lowest BCUT2D eigenvalue weighted by molar-refractivity contribution is -0.166. The SMILES string of the molecule is CC/C=C\C/C=C\C/C=C\C/C=C\C/C=C\C/C=C\CCC(=O)OC[C@H](COC(=O)CCCCCCCCCCC/C=C\C/C=C\CCCCC)OC(=O)CCCCCCC/C=C\CCCC. The van der Waals surface area contributed by atoms with Gasteiger partial charge in [0.15, 0.2) is 6.10 Å². The molecule has 0 rings (SSSR count). The van der Waals surface area contributed by atoms with Crippen molar-refractivity contribution in [1.82, 2.24) is 0 Å². The van der Waals surface area contributed by atoms with Crippen LogP contribution in [0, 0.1) is 0 Å². The van der Waals surface area contributed by atoms with Crippen molar-refractivity contribution >= 4 is 17.9 Å². The lowest BCUT2D eigenvalue weighted by Gasteiger charge is -2.18. The number of allylic oxidation sites excluding steroid dienone is 18. The van der Waals surface area contributed by atoms with E-state index >= 15 is 0 Å². The van der Waals surface area contributed by atoms with Crippen LogP contribution in [0.3, 0.4) is 0 Å². The minimum Gasteiger partial charge on any atom is -0.462 e. The molecule has 0 aromatic rings. The topological polar surface area (TPSA) is 78.9 Å². The molecule has 67 heavy (non-hydrogen) atoms. The maximum Gasteiger partial charge on any atom is 0.306 e. The summed E-state index contributed by atoms with van der Waals surface area (Å²) in [5.41, 5.74) is 0. The monoisotopic (exact) mass is 929 g/mol. The zero-order chi connectivity index (χ0) is 48.6. The summed E-state index contributed by atoms with van der Waals surface area (Å²) in [5, 5.41) is 0. The number of carbonyl (C=O) groups excluding carboxylic acids is 3. The van der Waals surface area contributed by atoms with E-state index in [1.807, 2.05) is 6.08 Å². The van der Waals surface area contributed by atoms with E-state index in [-0.39, 0.29) is 37.5 Å². The minimum atomic E-state index is -0.816. The Hall–Kier alpha value is -3.93. The van der Waals surface area contributed by atoms with Gasteiger partial charge in [0, 0.05) is 19.3 Å². The van der Waals surface area contributed by atoms with Crippen molar-refractivity contribution in [1.29, 1.82) is 0 Å². The number of unbranched alkanes of at least 4 members (excludes halogenated alkanes) is 19. The van der Waals surface area contributed by atoms with Gasteiger partial charge in [0.1, 0.15) is 13.2 Å². The Labute approximate surface area is 412 Å². The Kier molecular flexibility index (Phi) is 51.5. The van der Waals surface area contributed by atoms with Crippen LogP contribution in [-0.4, -0.2) is 37.2 Å². The Morgan fingerprint density at radius 3 is 1.06 bits per heavy atom. The molecule has 0 aromatic heterocycles. The molecule has 0 fully saturated rings. The molecular weight excluding hydrogens is 829 g/mol. The summed E-state index contributed by atoms with van der Waals surface area (Å²) in [6, 6.07) is 0. The third-order valence-corrected chi connectivity index (χ3v) is 11.2. The van der Waals surface area contributed by atoms with Crippen LogP contribution in [0.25, 0.3) is 0 Å². The highest BCUT2D eigenvalue weighted by Crippen LogP contribution is 2.14. The molecule has 0 N–H and O–H groups in total. The molecular formula is C61H100O6. The molecule has 1 atom stereocenters. The summed E-state index contributed by atoms with van der Waals surface area (Å²) in [5.74, 6) is -1.01. The van der Waals surface area contributed by atoms with Crippen molar-refractivity contribution in [3.05, 3.63) is 109 Å². The van der Waals surface area contributed by atoms with Gasteiger partial charge in [-0.1, -0.05) is 220 Å². The molecule has 0 aromatic carbocycles. The van der Waals surface area contributed by atoms with Gasteiger partial charge in [0.2, 0.25) is 0 Å². The standard InChI is InChI=1S/C61H100O6/c1-4-7-10-13-16-19-22-24-26-28-30-32-34-36-39-41-44-47-50-53-59(62)65-56-58(67-61(64)55-52-49-46-43-38-21-18-15-12-9-6-3)57-66-60(63)54-51-48-45-42-40-37-35-33-31-29-27-25-23-20-17-14-11-8-5-2/h7,10,15-20,24-27,30,32,36,39,44,47,58H,4-6,8-9,11-14,21-23,28-29,31,33-35,37-38,40-43,45-46,48-57H2,1-3H3/b10-7-,18-15-,19-16-,20-17-,26-24-,27-25-,32-30-,39-36-,47-44-/t58-/m1/s1. The second-order valence-corrected chi connectivity index (χ2v) is 17.7. The molecule has 0 spiro atoms. The molecule has 6 heteroatoms. The lowest BCUT2D eigenvalue weighted by Crippen LogP contribution is -2.30. The number of hydrogen-bond acceptors (Lipinski definition) is 6. The van der Waals surface area contributed by atoms with Crippen LogP contribution in [0.5, 0.6) is 0 Å². The molecule has 6 nitrogen and oxygen atoms in total. The van der Waals surface area contributed by atoms with Gasteiger partial charge in [-0.15, -0.1) is 0 Å². The first-order valence-corrected chi connectivity index (χ1v) is 27.4. The quantitative estimate of drug-likeness (QED) is 0.0262. The summed E-state index contributed by atoms with van der Waals surface area (Å²) in [7, 11) is 0. The third kappa shape index (κ3) is 52.9. The molecule has 0 amide bonds. The first-order valence-electron chi connectivity index (χ1n) is 27.4. The summed E-state index contributed by atoms with van der Waals surface area (Å²) in [6.07, 6.45) is 73.7. The fraction of sp³-hybridized carbons (Fsp3) is 0.656. The highest BCUT2D eigenvalue weighted by molar-refractivity contribution is 5.71. The molecule has 0 unspecified atom stereocenters. The first kappa shape index (κ1) is 63.1. The fourth-order valence-corrected chi connectivity index (χ4v) is 7.13. The average Bonchev–Trinajstić information content (AvgIpc) is 3.33. The molecule has 0 bridgehead atoms. The van der Waals surface area contributed by atoms with Crippen LogP contribution in [0.4, 0.5) is 0 Å². The Bertz CT molecular complexity index is 1390. The fourth-order valence-electron chi connectivity index (χ4n) is 7.13. The van der Waals surface area contributed by atoms with Crippen molar-refractivity contribution < 1.29 is 28.6 Å².